The molecular weight excluding hydrogens is 538 g/mol. The van der Waals surface area contributed by atoms with Gasteiger partial charge in [0.1, 0.15) is 55.4 Å². The van der Waals surface area contributed by atoms with E-state index in [9.17, 15) is 9.90 Å². The Balaban J connectivity index is 1.28. The number of aromatic nitrogens is 6. The first-order valence-corrected chi connectivity index (χ1v) is 12.3. The number of nitrogens with zero attached hydrogens (tertiary/aromatic N) is 6. The highest BCUT2D eigenvalue weighted by Gasteiger charge is 2.27. The Morgan fingerprint density at radius 3 is 1.93 bits per heavy atom. The van der Waals surface area contributed by atoms with Crippen LogP contribution in [-0.4, -0.2) is 40.9 Å². The SMILES string of the molecule is CC(C)C1NC(=O)c2coc(n2)-c2coc(n2)-c2coc(n2)C=CC(O)c2coc(n2)-c2coc(n2)-c2coc1n2. The normalized spacial score (nSPS) is 17.0. The van der Waals surface area contributed by atoms with Crippen molar-refractivity contribution in [2.75, 3.05) is 0 Å². The Morgan fingerprint density at radius 1 is 0.683 bits per heavy atom. The topological polar surface area (TPSA) is 206 Å². The quantitative estimate of drug-likeness (QED) is 0.286. The van der Waals surface area contributed by atoms with Gasteiger partial charge >= 0.3 is 0 Å². The van der Waals surface area contributed by atoms with Crippen molar-refractivity contribution in [1.82, 2.24) is 35.2 Å². The van der Waals surface area contributed by atoms with Crippen LogP contribution in [0.3, 0.4) is 0 Å². The van der Waals surface area contributed by atoms with Crippen molar-refractivity contribution in [2.45, 2.75) is 26.0 Å². The predicted molar refractivity (Wildman–Crippen MR) is 134 cm³/mol. The van der Waals surface area contributed by atoms with E-state index in [2.05, 4.69) is 35.2 Å². The maximum Gasteiger partial charge on any atom is 0.273 e. The van der Waals surface area contributed by atoms with Gasteiger partial charge in [-0.05, 0) is 18.1 Å². The van der Waals surface area contributed by atoms with Crippen LogP contribution in [0.4, 0.5) is 0 Å². The number of aliphatic hydroxyl groups excluding tert-OH is 1. The number of rotatable bonds is 1. The molecule has 1 aliphatic heterocycles. The molecule has 41 heavy (non-hydrogen) atoms. The van der Waals surface area contributed by atoms with Gasteiger partial charge in [-0.3, -0.25) is 4.79 Å². The minimum atomic E-state index is -1.13. The monoisotopic (exact) mass is 557 g/mol. The average molecular weight is 557 g/mol. The number of carbonyl (C=O) groups is 1. The summed E-state index contributed by atoms with van der Waals surface area (Å²) in [6.45, 7) is 3.80. The van der Waals surface area contributed by atoms with Gasteiger partial charge in [-0.25, -0.2) is 29.9 Å². The second kappa shape index (κ2) is 9.56. The van der Waals surface area contributed by atoms with Gasteiger partial charge in [0.05, 0.1) is 0 Å². The van der Waals surface area contributed by atoms with Gasteiger partial charge in [0.15, 0.2) is 28.5 Å². The molecule has 15 heteroatoms. The van der Waals surface area contributed by atoms with Crippen molar-refractivity contribution in [3.05, 3.63) is 66.8 Å². The van der Waals surface area contributed by atoms with Gasteiger partial charge in [0.2, 0.25) is 35.3 Å². The van der Waals surface area contributed by atoms with Gasteiger partial charge in [-0.1, -0.05) is 13.8 Å². The van der Waals surface area contributed by atoms with E-state index in [-0.39, 0.29) is 64.0 Å². The number of hydrogen-bond donors (Lipinski definition) is 2. The van der Waals surface area contributed by atoms with Crippen molar-refractivity contribution in [3.8, 4) is 46.3 Å². The van der Waals surface area contributed by atoms with Gasteiger partial charge in [-0.15, -0.1) is 0 Å². The summed E-state index contributed by atoms with van der Waals surface area (Å²) in [4.78, 5) is 39.1. The van der Waals surface area contributed by atoms with Crippen molar-refractivity contribution in [1.29, 1.82) is 0 Å². The molecule has 0 saturated heterocycles. The fourth-order valence-corrected chi connectivity index (χ4v) is 4.01. The van der Waals surface area contributed by atoms with Gasteiger partial charge in [0, 0.05) is 0 Å². The predicted octanol–water partition coefficient (Wildman–Crippen LogP) is 4.47. The highest BCUT2D eigenvalue weighted by molar-refractivity contribution is 5.92. The van der Waals surface area contributed by atoms with E-state index in [0.29, 0.717) is 11.4 Å². The first-order valence-electron chi connectivity index (χ1n) is 12.3. The Morgan fingerprint density at radius 2 is 1.22 bits per heavy atom. The Kier molecular flexibility index (Phi) is 5.71. The molecule has 206 valence electrons. The summed E-state index contributed by atoms with van der Waals surface area (Å²) in [5.74, 6) is 0.275. The lowest BCUT2D eigenvalue weighted by atomic mass is 10.0. The molecule has 2 unspecified atom stereocenters. The molecule has 1 aliphatic rings. The first-order chi connectivity index (χ1) is 19.9. The van der Waals surface area contributed by atoms with Gasteiger partial charge in [-0.2, -0.15) is 0 Å². The lowest BCUT2D eigenvalue weighted by molar-refractivity contribution is 0.0911. The second-order valence-corrected chi connectivity index (χ2v) is 9.33. The molecule has 6 aromatic heterocycles. The standard InChI is InChI=1S/C26H19N7O8/c1-11(2)20-26-32-17(10-41-26)25-31-15(8-40-25)23-28-12(5-37-23)18(34)3-4-19-27-14(7-36-19)22-30-16(9-39-22)24-29-13(6-38-24)21(35)33-20/h3-11,18,20,34H,1-2H3,(H,33,35). The highest BCUT2D eigenvalue weighted by Crippen LogP contribution is 2.29. The highest BCUT2D eigenvalue weighted by atomic mass is 16.4. The van der Waals surface area contributed by atoms with Crippen LogP contribution in [-0.2, 0) is 0 Å². The van der Waals surface area contributed by atoms with E-state index in [1.54, 1.807) is 0 Å². The number of hydrogen-bond acceptors (Lipinski definition) is 14. The molecule has 0 spiro atoms. The van der Waals surface area contributed by atoms with Crippen LogP contribution in [0.5, 0.6) is 0 Å². The lowest BCUT2D eigenvalue weighted by Gasteiger charge is -2.18. The number of carbonyl (C=O) groups excluding carboxylic acids is 1. The smallest absolute Gasteiger partial charge is 0.273 e. The molecule has 6 aromatic rings. The molecule has 0 radical (unpaired) electrons. The third-order valence-electron chi connectivity index (χ3n) is 6.13. The Hall–Kier alpha value is -5.57. The summed E-state index contributed by atoms with van der Waals surface area (Å²) in [6.07, 6.45) is 9.64. The molecule has 0 saturated carbocycles. The summed E-state index contributed by atoms with van der Waals surface area (Å²) in [5.41, 5.74) is 1.36. The summed E-state index contributed by atoms with van der Waals surface area (Å²) in [5, 5.41) is 13.5. The van der Waals surface area contributed by atoms with Gasteiger partial charge < -0.3 is 36.9 Å². The maximum atomic E-state index is 13.1. The first kappa shape index (κ1) is 24.5. The zero-order valence-corrected chi connectivity index (χ0v) is 21.3. The number of fused-ring (bicyclic) bond motifs is 16. The van der Waals surface area contributed by atoms with Crippen LogP contribution >= 0.6 is 0 Å². The van der Waals surface area contributed by atoms with Crippen LogP contribution in [0.25, 0.3) is 52.4 Å². The molecule has 7 rings (SSSR count). The number of aliphatic hydroxyl groups is 1. The lowest BCUT2D eigenvalue weighted by Crippen LogP contribution is -2.32. The minimum absolute atomic E-state index is 0.0199. The molecule has 7 heterocycles. The van der Waals surface area contributed by atoms with E-state index < -0.39 is 18.1 Å². The average Bonchev–Trinajstić information content (AvgIpc) is 3.80. The molecule has 2 atom stereocenters. The number of oxazole rings is 6. The third kappa shape index (κ3) is 4.53. The van der Waals surface area contributed by atoms with Crippen molar-refractivity contribution >= 4 is 12.0 Å². The van der Waals surface area contributed by atoms with E-state index in [1.807, 2.05) is 13.8 Å². The zero-order valence-electron chi connectivity index (χ0n) is 21.3. The molecule has 0 fully saturated rings. The maximum absolute atomic E-state index is 13.1. The molecule has 0 aliphatic carbocycles. The number of amides is 1. The largest absolute Gasteiger partial charge is 0.446 e. The van der Waals surface area contributed by atoms with E-state index in [1.165, 1.54) is 49.7 Å². The van der Waals surface area contributed by atoms with Crippen molar-refractivity contribution in [3.63, 3.8) is 0 Å². The summed E-state index contributed by atoms with van der Waals surface area (Å²) in [6, 6.07) is -0.611. The molecular formula is C26H19N7O8. The molecule has 2 N–H and O–H groups in total. The summed E-state index contributed by atoms with van der Waals surface area (Å²) < 4.78 is 33.2. The summed E-state index contributed by atoms with van der Waals surface area (Å²) >= 11 is 0. The van der Waals surface area contributed by atoms with E-state index in [0.717, 1.165) is 0 Å². The van der Waals surface area contributed by atoms with Crippen molar-refractivity contribution < 1.29 is 36.4 Å². The number of nitrogens with one attached hydrogen (secondary N) is 1. The molecule has 12 bridgehead atoms. The molecule has 0 aromatic carbocycles. The van der Waals surface area contributed by atoms with Crippen molar-refractivity contribution in [2.24, 2.45) is 5.92 Å². The van der Waals surface area contributed by atoms with Crippen LogP contribution < -0.4 is 5.32 Å². The van der Waals surface area contributed by atoms with Crippen LogP contribution in [0.2, 0.25) is 0 Å². The van der Waals surface area contributed by atoms with E-state index >= 15 is 0 Å². The Bertz CT molecular complexity index is 1880. The van der Waals surface area contributed by atoms with Gasteiger partial charge in [0.25, 0.3) is 5.91 Å². The zero-order chi connectivity index (χ0) is 28.1. The third-order valence-corrected chi connectivity index (χ3v) is 6.13. The van der Waals surface area contributed by atoms with Crippen LogP contribution in [0.1, 0.15) is 54.0 Å². The second-order valence-electron chi connectivity index (χ2n) is 9.33. The molecule has 15 nitrogen and oxygen atoms in total. The molecule has 1 amide bonds. The Labute approximate surface area is 229 Å². The van der Waals surface area contributed by atoms with Crippen LogP contribution in [0, 0.1) is 5.92 Å². The van der Waals surface area contributed by atoms with E-state index in [4.69, 9.17) is 26.5 Å². The fraction of sp³-hybridized carbons (Fsp3) is 0.192. The minimum Gasteiger partial charge on any atom is -0.446 e. The van der Waals surface area contributed by atoms with Crippen LogP contribution in [0.15, 0.2) is 70.2 Å². The fourth-order valence-electron chi connectivity index (χ4n) is 4.01. The summed E-state index contributed by atoms with van der Waals surface area (Å²) in [7, 11) is 0.